The Kier molecular flexibility index (Phi) is 18.0. The second kappa shape index (κ2) is 18.7. The number of esters is 1. The second-order valence-electron chi connectivity index (χ2n) is 12.2. The van der Waals surface area contributed by atoms with Crippen molar-refractivity contribution in [3.05, 3.63) is 48.6 Å². The lowest BCUT2D eigenvalue weighted by atomic mass is 10.1. The van der Waals surface area contributed by atoms with Gasteiger partial charge in [-0.15, -0.1) is 0 Å². The molecule has 0 saturated carbocycles. The molecule has 3 atom stereocenters. The van der Waals surface area contributed by atoms with Crippen molar-refractivity contribution >= 4 is 30.9 Å². The lowest BCUT2D eigenvalue weighted by molar-refractivity contribution is -0.140. The lowest BCUT2D eigenvalue weighted by Crippen LogP contribution is -2.31. The third-order valence-corrected chi connectivity index (χ3v) is 7.83. The van der Waals surface area contributed by atoms with E-state index in [0.29, 0.717) is 12.8 Å². The van der Waals surface area contributed by atoms with Gasteiger partial charge in [-0.05, 0) is 90.3 Å². The summed E-state index contributed by atoms with van der Waals surface area (Å²) in [6.07, 6.45) is 19.8. The van der Waals surface area contributed by atoms with Gasteiger partial charge in [-0.25, -0.2) is 0 Å². The molecule has 0 saturated heterocycles. The maximum atomic E-state index is 11.4. The summed E-state index contributed by atoms with van der Waals surface area (Å²) in [4.78, 5) is 11.4. The summed E-state index contributed by atoms with van der Waals surface area (Å²) in [5.74, 6) is 6.23. The van der Waals surface area contributed by atoms with Crippen LogP contribution in [0.2, 0.25) is 58.9 Å². The molecule has 0 aliphatic carbocycles. The van der Waals surface area contributed by atoms with Gasteiger partial charge in [-0.2, -0.15) is 0 Å². The molecule has 0 aromatic carbocycles. The largest absolute Gasteiger partial charge is 0.469 e. The molecule has 8 heteroatoms. The molecule has 0 aliphatic rings. The number of hydrogen-bond donors (Lipinski definition) is 0. The number of carbonyl (C=O) groups excluding carboxylic acids is 1. The van der Waals surface area contributed by atoms with Gasteiger partial charge in [0.1, 0.15) is 0 Å². The summed E-state index contributed by atoms with van der Waals surface area (Å²) in [6.45, 7) is 21.9. The van der Waals surface area contributed by atoms with Crippen LogP contribution in [0.1, 0.15) is 39.0 Å². The lowest BCUT2D eigenvalue weighted by Gasteiger charge is -2.24. The van der Waals surface area contributed by atoms with E-state index in [-0.39, 0.29) is 24.3 Å². The Morgan fingerprint density at radius 3 is 1.74 bits per heavy atom. The molecule has 0 radical (unpaired) electrons. The fraction of sp³-hybridized carbons (Fsp3) is 0.633. The maximum absolute atomic E-state index is 11.4. The molecule has 0 fully saturated rings. The third kappa shape index (κ3) is 23.6. The molecule has 3 unspecified atom stereocenters. The first-order chi connectivity index (χ1) is 17.5. The van der Waals surface area contributed by atoms with Gasteiger partial charge in [0, 0.05) is 12.8 Å². The topological polar surface area (TPSA) is 54.0 Å². The summed E-state index contributed by atoms with van der Waals surface area (Å²) in [5.41, 5.74) is 0. The van der Waals surface area contributed by atoms with E-state index < -0.39 is 25.0 Å². The molecular weight excluding hydrogens is 525 g/mol. The van der Waals surface area contributed by atoms with Gasteiger partial charge < -0.3 is 18.0 Å². The van der Waals surface area contributed by atoms with Crippen LogP contribution in [-0.4, -0.2) is 56.3 Å². The van der Waals surface area contributed by atoms with Crippen LogP contribution >= 0.6 is 0 Å². The number of allylic oxidation sites excluding steroid dienone is 5. The quantitative estimate of drug-likeness (QED) is 0.0757. The molecule has 0 aliphatic heterocycles. The van der Waals surface area contributed by atoms with Gasteiger partial charge in [-0.1, -0.05) is 55.2 Å². The fourth-order valence-corrected chi connectivity index (χ4v) is 6.72. The van der Waals surface area contributed by atoms with Crippen molar-refractivity contribution in [1.82, 2.24) is 0 Å². The number of carbonyl (C=O) groups is 1. The van der Waals surface area contributed by atoms with Crippen LogP contribution in [0.5, 0.6) is 0 Å². The molecule has 0 rings (SSSR count). The zero-order chi connectivity index (χ0) is 29.2. The number of ether oxygens (including phenoxy) is 1. The van der Waals surface area contributed by atoms with E-state index in [1.165, 1.54) is 7.11 Å². The summed E-state index contributed by atoms with van der Waals surface area (Å²) in [6, 6.07) is 0. The molecule has 5 nitrogen and oxygen atoms in total. The van der Waals surface area contributed by atoms with Crippen LogP contribution in [0, 0.1) is 11.8 Å². The molecule has 0 amide bonds. The highest BCUT2D eigenvalue weighted by molar-refractivity contribution is 6.70. The third-order valence-electron chi connectivity index (χ3n) is 4.80. The minimum Gasteiger partial charge on any atom is -0.469 e. The monoisotopic (exact) mass is 578 g/mol. The van der Waals surface area contributed by atoms with E-state index in [1.54, 1.807) is 0 Å². The van der Waals surface area contributed by atoms with Crippen molar-refractivity contribution in [1.29, 1.82) is 0 Å². The van der Waals surface area contributed by atoms with Gasteiger partial charge in [0.25, 0.3) is 0 Å². The summed E-state index contributed by atoms with van der Waals surface area (Å²) in [7, 11) is -3.55. The summed E-state index contributed by atoms with van der Waals surface area (Å²) >= 11 is 0. The summed E-state index contributed by atoms with van der Waals surface area (Å²) in [5, 5.41) is 0. The van der Waals surface area contributed by atoms with Crippen molar-refractivity contribution in [2.24, 2.45) is 0 Å². The predicted octanol–water partition coefficient (Wildman–Crippen LogP) is 8.02. The maximum Gasteiger partial charge on any atom is 0.305 e. The minimum atomic E-state index is -1.71. The minimum absolute atomic E-state index is 0.00491. The average Bonchev–Trinajstić information content (AvgIpc) is 2.76. The van der Waals surface area contributed by atoms with Crippen molar-refractivity contribution in [2.45, 2.75) is 116 Å². The first-order valence-electron chi connectivity index (χ1n) is 13.8. The zero-order valence-electron chi connectivity index (χ0n) is 25.9. The van der Waals surface area contributed by atoms with Crippen molar-refractivity contribution in [3.63, 3.8) is 0 Å². The van der Waals surface area contributed by atoms with Gasteiger partial charge in [0.05, 0.1) is 25.4 Å². The van der Waals surface area contributed by atoms with E-state index in [2.05, 4.69) is 95.9 Å². The summed E-state index contributed by atoms with van der Waals surface area (Å²) < 4.78 is 23.5. The Labute approximate surface area is 237 Å². The van der Waals surface area contributed by atoms with Crippen LogP contribution in [0.15, 0.2) is 48.6 Å². The predicted molar refractivity (Wildman–Crippen MR) is 170 cm³/mol. The Balaban J connectivity index is 5.10. The Morgan fingerprint density at radius 2 is 1.24 bits per heavy atom. The van der Waals surface area contributed by atoms with E-state index in [0.717, 1.165) is 19.3 Å². The first-order valence-corrected chi connectivity index (χ1v) is 24.0. The smallest absolute Gasteiger partial charge is 0.305 e. The molecule has 0 N–H and O–H groups in total. The standard InChI is InChI=1S/C30H54O5Si3/c1-12-27(33-36(3,4)5)21-18-15-19-24-28(34-37(6,7)8)22-16-13-14-17-23-29(35-38(9,10)11)25-20-26-30(31)32-2/h13-14,16-18,21-23,27-29H,12,20,24-26H2,1-11H3. The number of rotatable bonds is 17. The van der Waals surface area contributed by atoms with E-state index >= 15 is 0 Å². The van der Waals surface area contributed by atoms with Crippen LogP contribution < -0.4 is 0 Å². The SMILES string of the molecule is CCC(C=CC#CCC(C=CC=CC=CC(CCCC(=O)OC)O[Si](C)(C)C)O[Si](C)(C)C)O[Si](C)(C)C. The molecule has 0 spiro atoms. The Morgan fingerprint density at radius 1 is 0.737 bits per heavy atom. The zero-order valence-corrected chi connectivity index (χ0v) is 28.9. The van der Waals surface area contributed by atoms with Crippen molar-refractivity contribution < 1.29 is 22.8 Å². The van der Waals surface area contributed by atoms with E-state index in [4.69, 9.17) is 18.0 Å². The highest BCUT2D eigenvalue weighted by Crippen LogP contribution is 2.15. The van der Waals surface area contributed by atoms with E-state index in [1.807, 2.05) is 30.4 Å². The van der Waals surface area contributed by atoms with E-state index in [9.17, 15) is 4.79 Å². The van der Waals surface area contributed by atoms with Crippen LogP contribution in [-0.2, 0) is 22.8 Å². The second-order valence-corrected chi connectivity index (χ2v) is 25.6. The normalized spacial score (nSPS) is 15.8. The van der Waals surface area contributed by atoms with Crippen molar-refractivity contribution in [2.75, 3.05) is 7.11 Å². The average molecular weight is 579 g/mol. The first kappa shape index (κ1) is 36.5. The molecule has 0 aromatic heterocycles. The number of hydrogen-bond acceptors (Lipinski definition) is 5. The van der Waals surface area contributed by atoms with Gasteiger partial charge in [0.15, 0.2) is 25.0 Å². The molecular formula is C30H54O5Si3. The Hall–Kier alpha value is -1.48. The molecule has 0 aromatic rings. The van der Waals surface area contributed by atoms with Gasteiger partial charge in [0.2, 0.25) is 0 Å². The van der Waals surface area contributed by atoms with Crippen molar-refractivity contribution in [3.8, 4) is 11.8 Å². The molecule has 216 valence electrons. The number of methoxy groups -OCH3 is 1. The van der Waals surface area contributed by atoms with Crippen LogP contribution in [0.4, 0.5) is 0 Å². The van der Waals surface area contributed by atoms with Gasteiger partial charge in [-0.3, -0.25) is 4.79 Å². The molecule has 0 bridgehead atoms. The highest BCUT2D eigenvalue weighted by atomic mass is 28.4. The van der Waals surface area contributed by atoms with Gasteiger partial charge >= 0.3 is 5.97 Å². The molecule has 38 heavy (non-hydrogen) atoms. The van der Waals surface area contributed by atoms with Crippen LogP contribution in [0.3, 0.4) is 0 Å². The highest BCUT2D eigenvalue weighted by Gasteiger charge is 2.20. The Bertz CT molecular complexity index is 846. The van der Waals surface area contributed by atoms with Crippen LogP contribution in [0.25, 0.3) is 0 Å². The fourth-order valence-electron chi connectivity index (χ4n) is 3.39. The molecule has 0 heterocycles.